The minimum Gasteiger partial charge on any atom is -0.489 e. The zero-order valence-electron chi connectivity index (χ0n) is 21.3. The third-order valence-electron chi connectivity index (χ3n) is 6.56. The number of aliphatic carboxylic acids is 1. The summed E-state index contributed by atoms with van der Waals surface area (Å²) in [5.41, 5.74) is 0.546. The number of hydrogen-bond acceptors (Lipinski definition) is 5. The molecule has 6 nitrogen and oxygen atoms in total. The van der Waals surface area contributed by atoms with Crippen molar-refractivity contribution in [3.05, 3.63) is 58.7 Å². The van der Waals surface area contributed by atoms with E-state index in [4.69, 9.17) is 9.47 Å². The van der Waals surface area contributed by atoms with Gasteiger partial charge in [0.25, 0.3) is 0 Å². The zero-order chi connectivity index (χ0) is 28.4. The Morgan fingerprint density at radius 3 is 2.58 bits per heavy atom. The number of alkyl halides is 6. The van der Waals surface area contributed by atoms with E-state index < -0.39 is 35.7 Å². The molecule has 1 N–H and O–H groups in total. The molecule has 2 aromatic carbocycles. The van der Waals surface area contributed by atoms with Gasteiger partial charge in [-0.25, -0.2) is 0 Å². The number of piperidine rings is 1. The number of likely N-dealkylation sites (tertiary alicyclic amines) is 1. The van der Waals surface area contributed by atoms with Gasteiger partial charge < -0.3 is 19.3 Å². The molecule has 0 spiro atoms. The fourth-order valence-electron chi connectivity index (χ4n) is 4.48. The highest BCUT2D eigenvalue weighted by molar-refractivity contribution is 5.85. The van der Waals surface area contributed by atoms with Crippen molar-refractivity contribution in [2.45, 2.75) is 44.8 Å². The van der Waals surface area contributed by atoms with Gasteiger partial charge in [0.05, 0.1) is 11.5 Å². The Labute approximate surface area is 232 Å². The zero-order valence-corrected chi connectivity index (χ0v) is 22.2. The highest BCUT2D eigenvalue weighted by Crippen LogP contribution is 2.39. The van der Waals surface area contributed by atoms with Crippen molar-refractivity contribution in [1.29, 1.82) is 0 Å². The van der Waals surface area contributed by atoms with Crippen LogP contribution in [0.15, 0.2) is 42.0 Å². The van der Waals surface area contributed by atoms with Crippen molar-refractivity contribution in [1.82, 2.24) is 4.90 Å². The number of rotatable bonds is 8. The van der Waals surface area contributed by atoms with Crippen LogP contribution in [0.5, 0.6) is 17.2 Å². The molecular weight excluding hydrogens is 568 g/mol. The molecule has 4 rings (SSSR count). The lowest BCUT2D eigenvalue weighted by Gasteiger charge is -2.32. The van der Waals surface area contributed by atoms with Crippen LogP contribution in [-0.4, -0.2) is 54.5 Å². The summed E-state index contributed by atoms with van der Waals surface area (Å²) in [5.74, 6) is -1.22. The fourth-order valence-corrected chi connectivity index (χ4v) is 4.48. The number of carboxylic acid groups (broad SMARTS) is 1. The first-order valence-electron chi connectivity index (χ1n) is 12.3. The first-order valence-corrected chi connectivity index (χ1v) is 12.3. The second-order valence-corrected chi connectivity index (χ2v) is 9.62. The van der Waals surface area contributed by atoms with Crippen LogP contribution in [0, 0.1) is 5.92 Å². The average Bonchev–Trinajstić information content (AvgIpc) is 2.87. The molecule has 0 aliphatic carbocycles. The summed E-state index contributed by atoms with van der Waals surface area (Å²) in [7, 11) is 0. The van der Waals surface area contributed by atoms with E-state index in [2.05, 4.69) is 9.64 Å². The van der Waals surface area contributed by atoms with Gasteiger partial charge in [-0.3, -0.25) is 9.69 Å². The molecule has 0 unspecified atom stereocenters. The van der Waals surface area contributed by atoms with Gasteiger partial charge in [-0.1, -0.05) is 6.07 Å². The van der Waals surface area contributed by atoms with E-state index in [0.717, 1.165) is 30.2 Å². The number of carboxylic acids is 1. The molecule has 0 saturated carbocycles. The third kappa shape index (κ3) is 7.97. The average molecular weight is 596 g/mol. The lowest BCUT2D eigenvalue weighted by atomic mass is 9.97. The van der Waals surface area contributed by atoms with Gasteiger partial charge >= 0.3 is 18.3 Å². The number of hydrogen-bond donors (Lipinski definition) is 1. The molecule has 0 radical (unpaired) electrons. The van der Waals surface area contributed by atoms with Crippen LogP contribution in [0.1, 0.15) is 36.5 Å². The Morgan fingerprint density at radius 1 is 1.15 bits per heavy atom. The van der Waals surface area contributed by atoms with Crippen molar-refractivity contribution >= 4 is 24.5 Å². The van der Waals surface area contributed by atoms with Crippen LogP contribution < -0.4 is 14.2 Å². The van der Waals surface area contributed by atoms with E-state index in [1.54, 1.807) is 18.2 Å². The molecular formula is C27H28ClF6NO5. The van der Waals surface area contributed by atoms with Gasteiger partial charge in [0.2, 0.25) is 0 Å². The second-order valence-electron chi connectivity index (χ2n) is 9.62. The van der Waals surface area contributed by atoms with E-state index in [0.29, 0.717) is 50.6 Å². The highest BCUT2D eigenvalue weighted by Gasteiger charge is 2.41. The molecule has 2 aliphatic heterocycles. The molecule has 0 amide bonds. The summed E-state index contributed by atoms with van der Waals surface area (Å²) in [6.45, 7) is 2.55. The van der Waals surface area contributed by atoms with Crippen LogP contribution >= 0.6 is 12.4 Å². The van der Waals surface area contributed by atoms with Crippen LogP contribution in [-0.2, 0) is 17.6 Å². The van der Waals surface area contributed by atoms with E-state index in [-0.39, 0.29) is 30.5 Å². The maximum atomic E-state index is 13.5. The number of nitrogens with zero attached hydrogens (tertiary/aromatic N) is 1. The Hall–Kier alpha value is -3.12. The highest BCUT2D eigenvalue weighted by atomic mass is 35.5. The van der Waals surface area contributed by atoms with Crippen LogP contribution in [0.3, 0.4) is 0 Å². The van der Waals surface area contributed by atoms with E-state index in [1.807, 2.05) is 6.08 Å². The summed E-state index contributed by atoms with van der Waals surface area (Å²) < 4.78 is 94.9. The van der Waals surface area contributed by atoms with Crippen molar-refractivity contribution < 1.29 is 50.5 Å². The third-order valence-corrected chi connectivity index (χ3v) is 6.56. The normalized spacial score (nSPS) is 18.5. The maximum absolute atomic E-state index is 13.5. The lowest BCUT2D eigenvalue weighted by molar-refractivity contribution is -0.191. The summed E-state index contributed by atoms with van der Waals surface area (Å²) in [6.07, 6.45) is -8.71. The van der Waals surface area contributed by atoms with Crippen LogP contribution in [0.4, 0.5) is 26.3 Å². The number of carbonyl (C=O) groups is 1. The predicted molar refractivity (Wildman–Crippen MR) is 136 cm³/mol. The van der Waals surface area contributed by atoms with E-state index in [1.165, 1.54) is 6.07 Å². The monoisotopic (exact) mass is 595 g/mol. The largest absolute Gasteiger partial charge is 0.489 e. The van der Waals surface area contributed by atoms with Crippen molar-refractivity contribution in [3.63, 3.8) is 0 Å². The van der Waals surface area contributed by atoms with Gasteiger partial charge in [-0.2, -0.15) is 26.3 Å². The summed E-state index contributed by atoms with van der Waals surface area (Å²) in [6, 6.07) is 7.77. The van der Waals surface area contributed by atoms with Crippen molar-refractivity contribution in [2.24, 2.45) is 5.92 Å². The molecule has 1 fully saturated rings. The molecule has 0 aromatic heterocycles. The van der Waals surface area contributed by atoms with Crippen LogP contribution in [0.25, 0.3) is 6.08 Å². The second kappa shape index (κ2) is 12.6. The topological polar surface area (TPSA) is 68.2 Å². The van der Waals surface area contributed by atoms with Crippen molar-refractivity contribution in [3.8, 4) is 17.2 Å². The lowest BCUT2D eigenvalue weighted by Crippen LogP contribution is -2.40. The molecule has 220 valence electrons. The van der Waals surface area contributed by atoms with Gasteiger partial charge in [-0.05, 0) is 67.8 Å². The van der Waals surface area contributed by atoms with E-state index in [9.17, 15) is 36.2 Å². The van der Waals surface area contributed by atoms with Gasteiger partial charge in [0, 0.05) is 24.7 Å². The molecule has 2 heterocycles. The molecule has 2 atom stereocenters. The Balaban J connectivity index is 0.00000441. The van der Waals surface area contributed by atoms with Crippen LogP contribution in [0.2, 0.25) is 0 Å². The van der Waals surface area contributed by atoms with Gasteiger partial charge in [0.1, 0.15) is 30.5 Å². The summed E-state index contributed by atoms with van der Waals surface area (Å²) in [5, 5.41) is 9.28. The Bertz CT molecular complexity index is 1230. The molecule has 0 bridgehead atoms. The number of benzene rings is 2. The Morgan fingerprint density at radius 2 is 1.90 bits per heavy atom. The summed E-state index contributed by atoms with van der Waals surface area (Å²) in [4.78, 5) is 13.4. The molecule has 2 aliphatic rings. The first-order chi connectivity index (χ1) is 18.3. The molecule has 2 aromatic rings. The minimum atomic E-state index is -4.93. The van der Waals surface area contributed by atoms with Gasteiger partial charge in [0.15, 0.2) is 6.10 Å². The maximum Gasteiger partial charge on any atom is 0.425 e. The SMILES string of the molecule is C[C@H](Oc1ccc(COc2ccc3c(c2)OCC(CN2CCC[C@@H](C(=O)O)C2)=C3)cc1C(F)(F)F)C(F)(F)F.Cl. The first kappa shape index (κ1) is 31.4. The quantitative estimate of drug-likeness (QED) is 0.347. The minimum absolute atomic E-state index is 0. The fraction of sp³-hybridized carbons (Fsp3) is 0.444. The number of halogens is 7. The molecule has 40 heavy (non-hydrogen) atoms. The predicted octanol–water partition coefficient (Wildman–Crippen LogP) is 6.61. The Kier molecular flexibility index (Phi) is 9.89. The molecule has 13 heteroatoms. The van der Waals surface area contributed by atoms with E-state index >= 15 is 0 Å². The van der Waals surface area contributed by atoms with Gasteiger partial charge in [-0.15, -0.1) is 12.4 Å². The summed E-state index contributed by atoms with van der Waals surface area (Å²) >= 11 is 0. The number of ether oxygens (including phenoxy) is 3. The number of fused-ring (bicyclic) bond motifs is 1. The molecule has 1 saturated heterocycles. The standard InChI is InChI=1S/C27H27F6NO5.ClH/c1-16(26(28,29)30)39-23-7-4-17(10-22(23)27(31,32)33)14-37-21-6-5-19-9-18(15-38-24(19)11-21)12-34-8-2-3-20(13-34)25(35)36;/h4-7,9-11,16,20H,2-3,8,12-15H2,1H3,(H,35,36);1H/t16-,20+;/m0./s1. The smallest absolute Gasteiger partial charge is 0.425 e. The van der Waals surface area contributed by atoms with Crippen molar-refractivity contribution in [2.75, 3.05) is 26.2 Å².